The zero-order valence-electron chi connectivity index (χ0n) is 28.6. The Bertz CT molecular complexity index is 1200. The first kappa shape index (κ1) is 35.3. The molecule has 7 nitrogen and oxygen atoms in total. The van der Waals surface area contributed by atoms with Crippen molar-refractivity contribution in [3.63, 3.8) is 0 Å². The van der Waals surface area contributed by atoms with E-state index < -0.39 is 6.04 Å². The van der Waals surface area contributed by atoms with E-state index in [1.54, 1.807) is 11.8 Å². The first-order chi connectivity index (χ1) is 22.0. The zero-order valence-corrected chi connectivity index (χ0v) is 29.5. The molecule has 1 aromatic rings. The van der Waals surface area contributed by atoms with Crippen LogP contribution < -0.4 is 11.1 Å². The van der Waals surface area contributed by atoms with E-state index in [1.807, 2.05) is 36.6 Å². The van der Waals surface area contributed by atoms with Crippen LogP contribution in [0.1, 0.15) is 103 Å². The van der Waals surface area contributed by atoms with Gasteiger partial charge < -0.3 is 20.5 Å². The van der Waals surface area contributed by atoms with Gasteiger partial charge in [-0.05, 0) is 135 Å². The van der Waals surface area contributed by atoms with Crippen LogP contribution in [-0.4, -0.2) is 48.5 Å². The van der Waals surface area contributed by atoms with Gasteiger partial charge in [0.25, 0.3) is 0 Å². The number of carbonyl (C=O) groups excluding carboxylic acids is 3. The van der Waals surface area contributed by atoms with Crippen LogP contribution in [0.4, 0.5) is 0 Å². The van der Waals surface area contributed by atoms with Gasteiger partial charge in [-0.3, -0.25) is 14.4 Å². The number of thioether (sulfide) groups is 1. The van der Waals surface area contributed by atoms with Crippen LogP contribution in [0.5, 0.6) is 0 Å². The molecule has 0 saturated heterocycles. The van der Waals surface area contributed by atoms with Crippen molar-refractivity contribution >= 4 is 29.6 Å². The summed E-state index contributed by atoms with van der Waals surface area (Å²) in [4.78, 5) is 37.4. The number of amides is 1. The summed E-state index contributed by atoms with van der Waals surface area (Å²) in [5.74, 6) is 4.15. The van der Waals surface area contributed by atoms with E-state index in [9.17, 15) is 14.4 Å². The Morgan fingerprint density at radius 1 is 0.957 bits per heavy atom. The molecule has 0 bridgehead atoms. The molecule has 0 heterocycles. The molecule has 0 spiro atoms. The standard InChI is InChI=1S/C38H58N2O5S/c1-25(10-15-34(41)44-24-26-8-6-5-7-9-26)30-13-14-31-29-12-11-27-22-28(16-19-37(27,2)32(29)17-20-38(30,31)3)45-35(42)23-40-36(43)33(39)18-21-46-4/h5-9,25,27-33H,10-24,39H2,1-4H3,(H,40,43)/t25-,27+,28+,29-,30+,31-,32-,33-,37-,38+/m0/s1. The molecular formula is C38H58N2O5S. The summed E-state index contributed by atoms with van der Waals surface area (Å²) in [6.45, 7) is 7.75. The number of nitrogens with two attached hydrogens (primary N) is 1. The van der Waals surface area contributed by atoms with Gasteiger partial charge in [-0.15, -0.1) is 0 Å². The van der Waals surface area contributed by atoms with E-state index in [0.29, 0.717) is 48.0 Å². The van der Waals surface area contributed by atoms with Crippen LogP contribution in [0.3, 0.4) is 0 Å². The van der Waals surface area contributed by atoms with Crippen molar-refractivity contribution in [2.45, 2.75) is 117 Å². The minimum absolute atomic E-state index is 0.0610. The Morgan fingerprint density at radius 3 is 2.46 bits per heavy atom. The highest BCUT2D eigenvalue weighted by atomic mass is 32.2. The summed E-state index contributed by atoms with van der Waals surface area (Å²) < 4.78 is 11.5. The highest BCUT2D eigenvalue weighted by molar-refractivity contribution is 7.98. The molecule has 256 valence electrons. The fourth-order valence-corrected chi connectivity index (χ4v) is 11.0. The van der Waals surface area contributed by atoms with Crippen LogP contribution in [0, 0.1) is 46.3 Å². The van der Waals surface area contributed by atoms with Crippen molar-refractivity contribution in [1.82, 2.24) is 5.32 Å². The fraction of sp³-hybridized carbons (Fsp3) is 0.763. The lowest BCUT2D eigenvalue weighted by Crippen LogP contribution is -2.54. The second kappa shape index (κ2) is 15.4. The van der Waals surface area contributed by atoms with Gasteiger partial charge in [-0.2, -0.15) is 11.8 Å². The third-order valence-electron chi connectivity index (χ3n) is 13.1. The van der Waals surface area contributed by atoms with Gasteiger partial charge in [-0.25, -0.2) is 0 Å². The van der Waals surface area contributed by atoms with Gasteiger partial charge in [-0.1, -0.05) is 51.1 Å². The summed E-state index contributed by atoms with van der Waals surface area (Å²) >= 11 is 1.65. The number of rotatable bonds is 13. The molecule has 0 aliphatic heterocycles. The van der Waals surface area contributed by atoms with E-state index in [2.05, 4.69) is 26.1 Å². The molecule has 0 aromatic heterocycles. The molecule has 10 atom stereocenters. The second-order valence-electron chi connectivity index (χ2n) is 15.5. The molecule has 46 heavy (non-hydrogen) atoms. The Balaban J connectivity index is 1.10. The van der Waals surface area contributed by atoms with Crippen molar-refractivity contribution in [2.75, 3.05) is 18.6 Å². The summed E-state index contributed by atoms with van der Waals surface area (Å²) in [7, 11) is 0. The molecule has 1 amide bonds. The maximum absolute atomic E-state index is 12.6. The van der Waals surface area contributed by atoms with E-state index in [-0.39, 0.29) is 30.5 Å². The van der Waals surface area contributed by atoms with Gasteiger partial charge in [0.2, 0.25) is 5.91 Å². The SMILES string of the molecule is CSCC[C@H](N)C(=O)NCC(=O)O[C@@H]1CC[C@@]2(C)[C@H](CC[C@@H]3[C@@H]2CC[C@]2(C)[C@@H]([C@@H](C)CCC(=O)OCc4ccccc4)CC[C@@H]32)C1. The molecule has 1 aromatic carbocycles. The number of fused-ring (bicyclic) bond motifs is 5. The number of ether oxygens (including phenoxy) is 2. The Morgan fingerprint density at radius 2 is 1.70 bits per heavy atom. The van der Waals surface area contributed by atoms with E-state index in [0.717, 1.165) is 54.8 Å². The minimum atomic E-state index is -0.588. The monoisotopic (exact) mass is 654 g/mol. The molecule has 8 heteroatoms. The highest BCUT2D eigenvalue weighted by Gasteiger charge is 2.60. The molecule has 4 fully saturated rings. The maximum Gasteiger partial charge on any atom is 0.325 e. The summed E-state index contributed by atoms with van der Waals surface area (Å²) in [5, 5.41) is 2.67. The topological polar surface area (TPSA) is 108 Å². The number of esters is 2. The van der Waals surface area contributed by atoms with Crippen LogP contribution in [0.15, 0.2) is 30.3 Å². The quantitative estimate of drug-likeness (QED) is 0.223. The average molecular weight is 655 g/mol. The third kappa shape index (κ3) is 7.80. The molecular weight excluding hydrogens is 596 g/mol. The summed E-state index contributed by atoms with van der Waals surface area (Å²) in [5.41, 5.74) is 7.63. The van der Waals surface area contributed by atoms with E-state index in [4.69, 9.17) is 15.2 Å². The molecule has 0 unspecified atom stereocenters. The van der Waals surface area contributed by atoms with Crippen LogP contribution >= 0.6 is 11.8 Å². The number of carbonyl (C=O) groups is 3. The molecule has 3 N–H and O–H groups in total. The van der Waals surface area contributed by atoms with Crippen molar-refractivity contribution in [3.8, 4) is 0 Å². The zero-order chi connectivity index (χ0) is 32.9. The summed E-state index contributed by atoms with van der Waals surface area (Å²) in [6, 6.07) is 9.33. The fourth-order valence-electron chi connectivity index (χ4n) is 10.6. The molecule has 0 radical (unpaired) electrons. The van der Waals surface area contributed by atoms with Gasteiger partial charge in [0, 0.05) is 6.42 Å². The molecule has 4 aliphatic carbocycles. The lowest BCUT2D eigenvalue weighted by atomic mass is 9.44. The van der Waals surface area contributed by atoms with Gasteiger partial charge in [0.05, 0.1) is 6.04 Å². The van der Waals surface area contributed by atoms with Crippen LogP contribution in [-0.2, 0) is 30.5 Å². The van der Waals surface area contributed by atoms with Crippen molar-refractivity contribution in [3.05, 3.63) is 35.9 Å². The third-order valence-corrected chi connectivity index (χ3v) is 13.7. The number of hydrogen-bond donors (Lipinski definition) is 2. The first-order valence-corrected chi connectivity index (χ1v) is 19.4. The van der Waals surface area contributed by atoms with Crippen LogP contribution in [0.2, 0.25) is 0 Å². The van der Waals surface area contributed by atoms with E-state index in [1.165, 1.54) is 38.5 Å². The first-order valence-electron chi connectivity index (χ1n) is 18.0. The maximum atomic E-state index is 12.6. The van der Waals surface area contributed by atoms with Crippen molar-refractivity contribution in [1.29, 1.82) is 0 Å². The van der Waals surface area contributed by atoms with Gasteiger partial charge in [0.1, 0.15) is 19.3 Å². The summed E-state index contributed by atoms with van der Waals surface area (Å²) in [6.07, 6.45) is 14.6. The normalized spacial score (nSPS) is 34.7. The highest BCUT2D eigenvalue weighted by Crippen LogP contribution is 2.68. The average Bonchev–Trinajstić information content (AvgIpc) is 3.42. The van der Waals surface area contributed by atoms with Crippen molar-refractivity contribution < 1.29 is 23.9 Å². The predicted molar refractivity (Wildman–Crippen MR) is 184 cm³/mol. The molecule has 4 saturated carbocycles. The smallest absolute Gasteiger partial charge is 0.325 e. The van der Waals surface area contributed by atoms with E-state index >= 15 is 0 Å². The number of hydrogen-bond acceptors (Lipinski definition) is 7. The molecule has 5 rings (SSSR count). The lowest BCUT2D eigenvalue weighted by molar-refractivity contribution is -0.162. The molecule has 4 aliphatic rings. The Hall–Kier alpha value is -2.06. The minimum Gasteiger partial charge on any atom is -0.461 e. The number of nitrogens with one attached hydrogen (secondary N) is 1. The largest absolute Gasteiger partial charge is 0.461 e. The van der Waals surface area contributed by atoms with Crippen LogP contribution in [0.25, 0.3) is 0 Å². The lowest BCUT2D eigenvalue weighted by Gasteiger charge is -2.61. The van der Waals surface area contributed by atoms with Gasteiger partial charge in [0.15, 0.2) is 0 Å². The van der Waals surface area contributed by atoms with Crippen molar-refractivity contribution in [2.24, 2.45) is 52.1 Å². The second-order valence-corrected chi connectivity index (χ2v) is 16.5. The Kier molecular flexibility index (Phi) is 11.8. The number of benzene rings is 1. The predicted octanol–water partition coefficient (Wildman–Crippen LogP) is 6.91. The van der Waals surface area contributed by atoms with Gasteiger partial charge >= 0.3 is 11.9 Å². The Labute approximate surface area is 281 Å².